The van der Waals surface area contributed by atoms with Gasteiger partial charge in [-0.2, -0.15) is 18.3 Å². The molecule has 0 unspecified atom stereocenters. The first-order valence-electron chi connectivity index (χ1n) is 9.92. The van der Waals surface area contributed by atoms with E-state index in [-0.39, 0.29) is 29.5 Å². The molecule has 0 aliphatic rings. The normalized spacial score (nSPS) is 11.9. The number of ketones is 1. The van der Waals surface area contributed by atoms with Gasteiger partial charge in [0.2, 0.25) is 0 Å². The van der Waals surface area contributed by atoms with E-state index in [1.165, 1.54) is 39.4 Å². The first-order chi connectivity index (χ1) is 15.6. The van der Waals surface area contributed by atoms with Gasteiger partial charge in [-0.25, -0.2) is 0 Å². The minimum Gasteiger partial charge on any atom is -0.497 e. The Morgan fingerprint density at radius 3 is 2.42 bits per heavy atom. The monoisotopic (exact) mass is 460 g/mol. The molecule has 3 aromatic rings. The van der Waals surface area contributed by atoms with Crippen molar-refractivity contribution in [2.24, 2.45) is 0 Å². The second kappa shape index (κ2) is 9.81. The van der Waals surface area contributed by atoms with Crippen molar-refractivity contribution >= 4 is 11.4 Å². The maximum absolute atomic E-state index is 13.5. The molecule has 3 rings (SSSR count). The number of aromatic amines is 1. The zero-order valence-corrected chi connectivity index (χ0v) is 18.5. The topological polar surface area (TPSA) is 73.4 Å². The Hall–Kier alpha value is -3.75. The molecular formula is C24H23F3N2O4. The van der Waals surface area contributed by atoms with Crippen molar-refractivity contribution in [2.45, 2.75) is 26.6 Å². The fourth-order valence-electron chi connectivity index (χ4n) is 3.32. The Bertz CT molecular complexity index is 1180. The van der Waals surface area contributed by atoms with Crippen molar-refractivity contribution < 1.29 is 32.2 Å². The Labute approximate surface area is 189 Å². The number of aromatic nitrogens is 2. The summed E-state index contributed by atoms with van der Waals surface area (Å²) in [6, 6.07) is 8.66. The number of nitrogens with one attached hydrogen (secondary N) is 1. The van der Waals surface area contributed by atoms with E-state index >= 15 is 0 Å². The number of hydrogen-bond acceptors (Lipinski definition) is 5. The second-order valence-corrected chi connectivity index (χ2v) is 7.25. The van der Waals surface area contributed by atoms with E-state index in [1.54, 1.807) is 24.4 Å². The summed E-state index contributed by atoms with van der Waals surface area (Å²) in [7, 11) is 2.73. The lowest BCUT2D eigenvalue weighted by Gasteiger charge is -2.17. The summed E-state index contributed by atoms with van der Waals surface area (Å²) in [5.41, 5.74) is 1.95. The average molecular weight is 460 g/mol. The predicted octanol–water partition coefficient (Wildman–Crippen LogP) is 5.35. The average Bonchev–Trinajstić information content (AvgIpc) is 3.20. The molecule has 0 amide bonds. The van der Waals surface area contributed by atoms with Gasteiger partial charge in [-0.05, 0) is 55.3 Å². The molecule has 174 valence electrons. The van der Waals surface area contributed by atoms with Crippen molar-refractivity contribution in [2.75, 3.05) is 14.2 Å². The molecule has 1 aromatic heterocycles. The van der Waals surface area contributed by atoms with Gasteiger partial charge in [-0.3, -0.25) is 9.89 Å². The summed E-state index contributed by atoms with van der Waals surface area (Å²) >= 11 is 0. The third-order valence-electron chi connectivity index (χ3n) is 4.95. The number of H-pyrrole nitrogens is 1. The number of alkyl halides is 3. The van der Waals surface area contributed by atoms with Crippen molar-refractivity contribution in [3.63, 3.8) is 0 Å². The number of methoxy groups -OCH3 is 2. The van der Waals surface area contributed by atoms with Gasteiger partial charge < -0.3 is 14.2 Å². The zero-order valence-electron chi connectivity index (χ0n) is 18.5. The minimum absolute atomic E-state index is 0.0411. The maximum atomic E-state index is 13.5. The third kappa shape index (κ3) is 5.54. The van der Waals surface area contributed by atoms with Crippen LogP contribution in [0.3, 0.4) is 0 Å². The van der Waals surface area contributed by atoms with Gasteiger partial charge in [0, 0.05) is 16.8 Å². The predicted molar refractivity (Wildman–Crippen MR) is 116 cm³/mol. The number of allylic oxidation sites excluding steroid dienone is 1. The first-order valence-corrected chi connectivity index (χ1v) is 9.92. The Morgan fingerprint density at radius 1 is 1.09 bits per heavy atom. The fourth-order valence-corrected chi connectivity index (χ4v) is 3.32. The molecule has 0 bridgehead atoms. The Morgan fingerprint density at radius 2 is 1.85 bits per heavy atom. The summed E-state index contributed by atoms with van der Waals surface area (Å²) < 4.78 is 56.4. The van der Waals surface area contributed by atoms with Crippen LogP contribution in [0.5, 0.6) is 17.2 Å². The van der Waals surface area contributed by atoms with E-state index in [2.05, 4.69) is 10.2 Å². The molecule has 0 saturated carbocycles. The maximum Gasteiger partial charge on any atom is 0.416 e. The number of ether oxygens (including phenoxy) is 3. The van der Waals surface area contributed by atoms with E-state index in [0.717, 1.165) is 17.3 Å². The lowest BCUT2D eigenvalue weighted by atomic mass is 9.97. The number of carbonyl (C=O) groups is 1. The van der Waals surface area contributed by atoms with Gasteiger partial charge >= 0.3 is 6.18 Å². The van der Waals surface area contributed by atoms with Crippen LogP contribution < -0.4 is 14.2 Å². The van der Waals surface area contributed by atoms with Crippen LogP contribution in [0.4, 0.5) is 13.2 Å². The fraction of sp³-hybridized carbons (Fsp3) is 0.250. The number of aryl methyl sites for hydroxylation is 1. The number of hydrogen-bond donors (Lipinski definition) is 1. The molecular weight excluding hydrogens is 437 g/mol. The number of nitrogens with zero attached hydrogens (tertiary/aromatic N) is 1. The van der Waals surface area contributed by atoms with E-state index in [4.69, 9.17) is 14.2 Å². The lowest BCUT2D eigenvalue weighted by Crippen LogP contribution is -2.11. The van der Waals surface area contributed by atoms with Gasteiger partial charge in [0.05, 0.1) is 26.0 Å². The zero-order chi connectivity index (χ0) is 24.2. The molecule has 0 saturated heterocycles. The first kappa shape index (κ1) is 23.9. The van der Waals surface area contributed by atoms with Gasteiger partial charge in [-0.1, -0.05) is 12.1 Å². The minimum atomic E-state index is -4.56. The van der Waals surface area contributed by atoms with Crippen LogP contribution in [0.15, 0.2) is 48.7 Å². The van der Waals surface area contributed by atoms with Crippen LogP contribution in [0, 0.1) is 6.92 Å². The largest absolute Gasteiger partial charge is 0.497 e. The molecule has 2 aromatic carbocycles. The summed E-state index contributed by atoms with van der Waals surface area (Å²) in [5.74, 6) is 0.526. The van der Waals surface area contributed by atoms with Crippen molar-refractivity contribution in [1.82, 2.24) is 10.2 Å². The van der Waals surface area contributed by atoms with Gasteiger partial charge in [-0.15, -0.1) is 0 Å². The number of rotatable bonds is 8. The molecule has 0 aliphatic heterocycles. The van der Waals surface area contributed by atoms with Gasteiger partial charge in [0.25, 0.3) is 0 Å². The quantitative estimate of drug-likeness (QED) is 0.459. The summed E-state index contributed by atoms with van der Waals surface area (Å²) in [6.45, 7) is 2.95. The lowest BCUT2D eigenvalue weighted by molar-refractivity contribution is -0.138. The molecule has 9 heteroatoms. The highest BCUT2D eigenvalue weighted by Crippen LogP contribution is 2.37. The molecule has 0 atom stereocenters. The van der Waals surface area contributed by atoms with E-state index in [1.807, 2.05) is 6.92 Å². The molecule has 0 radical (unpaired) electrons. The van der Waals surface area contributed by atoms with Crippen LogP contribution in [0.2, 0.25) is 0 Å². The second-order valence-electron chi connectivity index (χ2n) is 7.25. The molecule has 33 heavy (non-hydrogen) atoms. The van der Waals surface area contributed by atoms with Crippen LogP contribution in [-0.4, -0.2) is 30.2 Å². The highest BCUT2D eigenvalue weighted by atomic mass is 19.4. The van der Waals surface area contributed by atoms with Crippen LogP contribution >= 0.6 is 0 Å². The molecule has 6 nitrogen and oxygen atoms in total. The summed E-state index contributed by atoms with van der Waals surface area (Å²) in [6.07, 6.45) is -1.46. The summed E-state index contributed by atoms with van der Waals surface area (Å²) in [5, 5.41) is 6.84. The van der Waals surface area contributed by atoms with Gasteiger partial charge in [0.15, 0.2) is 17.3 Å². The molecule has 1 N–H and O–H groups in total. The highest BCUT2D eigenvalue weighted by molar-refractivity contribution is 5.99. The summed E-state index contributed by atoms with van der Waals surface area (Å²) in [4.78, 5) is 11.8. The SMILES string of the molecule is COc1ccc(COc2ccc(/C(=C/C(C)=O)c3cn[nH]c3C)cc2OC)c(C(F)(F)F)c1. The van der Waals surface area contributed by atoms with E-state index < -0.39 is 11.7 Å². The molecule has 0 fully saturated rings. The number of halogens is 3. The smallest absolute Gasteiger partial charge is 0.416 e. The number of benzene rings is 2. The third-order valence-corrected chi connectivity index (χ3v) is 4.95. The molecule has 1 heterocycles. The number of carbonyl (C=O) groups excluding carboxylic acids is 1. The van der Waals surface area contributed by atoms with Crippen LogP contribution in [-0.2, 0) is 17.6 Å². The standard InChI is InChI=1S/C24H23F3N2O4/c1-14(30)9-19(20-12-28-29-15(20)2)16-6-8-22(23(10-16)32-4)33-13-17-5-7-18(31-3)11-21(17)24(25,26)27/h5-12H,13H2,1-4H3,(H,28,29)/b19-9-. The highest BCUT2D eigenvalue weighted by Gasteiger charge is 2.34. The molecule has 0 aliphatic carbocycles. The van der Waals surface area contributed by atoms with Crippen molar-refractivity contribution in [1.29, 1.82) is 0 Å². The van der Waals surface area contributed by atoms with Crippen molar-refractivity contribution in [3.8, 4) is 17.2 Å². The van der Waals surface area contributed by atoms with Crippen molar-refractivity contribution in [3.05, 3.63) is 76.6 Å². The van der Waals surface area contributed by atoms with Crippen LogP contribution in [0.1, 0.15) is 34.9 Å². The Balaban J connectivity index is 1.93. The van der Waals surface area contributed by atoms with E-state index in [0.29, 0.717) is 16.9 Å². The van der Waals surface area contributed by atoms with E-state index in [9.17, 15) is 18.0 Å². The van der Waals surface area contributed by atoms with Gasteiger partial charge in [0.1, 0.15) is 12.4 Å². The Kier molecular flexibility index (Phi) is 7.10. The van der Waals surface area contributed by atoms with Crippen LogP contribution in [0.25, 0.3) is 5.57 Å². The molecule has 0 spiro atoms.